The molecule has 0 radical (unpaired) electrons. The van der Waals surface area contributed by atoms with Crippen LogP contribution in [0.3, 0.4) is 0 Å². The lowest BCUT2D eigenvalue weighted by molar-refractivity contribution is -0.134. The van der Waals surface area contributed by atoms with Crippen molar-refractivity contribution >= 4 is 5.91 Å². The molecule has 1 aromatic rings. The molecule has 1 aliphatic rings. The molecule has 1 aliphatic heterocycles. The van der Waals surface area contributed by atoms with E-state index in [-0.39, 0.29) is 18.1 Å². The number of rotatable bonds is 5. The van der Waals surface area contributed by atoms with Gasteiger partial charge in [0.05, 0.1) is 12.6 Å². The van der Waals surface area contributed by atoms with Gasteiger partial charge in [0.25, 0.3) is 5.91 Å². The zero-order chi connectivity index (χ0) is 12.3. The second-order valence-electron chi connectivity index (χ2n) is 4.19. The number of carbonyl (C=O) groups excluding carboxylic acids is 1. The van der Waals surface area contributed by atoms with Gasteiger partial charge >= 0.3 is 0 Å². The molecule has 3 heteroatoms. The number of nitrogens with zero attached hydrogens (tertiary/aromatic N) is 1. The second kappa shape index (κ2) is 5.15. The summed E-state index contributed by atoms with van der Waals surface area (Å²) in [6.07, 6.45) is 1.51. The van der Waals surface area contributed by atoms with Gasteiger partial charge in [0.15, 0.2) is 6.10 Å². The average Bonchev–Trinajstić information content (AvgIpc) is 3.20. The summed E-state index contributed by atoms with van der Waals surface area (Å²) < 4.78 is 5.06. The number of benzene rings is 1. The topological polar surface area (TPSA) is 32.8 Å². The summed E-state index contributed by atoms with van der Waals surface area (Å²) in [7, 11) is 0. The fraction of sp³-hybridized carbons (Fsp3) is 0.357. The van der Waals surface area contributed by atoms with Gasteiger partial charge in [-0.25, -0.2) is 0 Å². The molecule has 2 rings (SSSR count). The fourth-order valence-corrected chi connectivity index (χ4v) is 1.87. The molecule has 1 saturated heterocycles. The minimum absolute atomic E-state index is 0.0471. The van der Waals surface area contributed by atoms with Gasteiger partial charge in [-0.05, 0) is 12.5 Å². The number of hydrogen-bond acceptors (Lipinski definition) is 2. The van der Waals surface area contributed by atoms with E-state index in [1.165, 1.54) is 0 Å². The summed E-state index contributed by atoms with van der Waals surface area (Å²) in [5, 5.41) is 0. The Morgan fingerprint density at radius 2 is 2.24 bits per heavy atom. The lowest BCUT2D eigenvalue weighted by Gasteiger charge is -2.28. The van der Waals surface area contributed by atoms with Crippen molar-refractivity contribution in [3.63, 3.8) is 0 Å². The predicted octanol–water partition coefficient (Wildman–Crippen LogP) is 2.16. The smallest absolute Gasteiger partial charge is 0.254 e. The van der Waals surface area contributed by atoms with Crippen molar-refractivity contribution in [2.45, 2.75) is 19.1 Å². The molecule has 0 bridgehead atoms. The third kappa shape index (κ3) is 2.74. The van der Waals surface area contributed by atoms with E-state index >= 15 is 0 Å². The van der Waals surface area contributed by atoms with Crippen LogP contribution in [0.4, 0.5) is 0 Å². The van der Waals surface area contributed by atoms with Crippen LogP contribution in [-0.2, 0) is 9.53 Å². The predicted molar refractivity (Wildman–Crippen MR) is 66.5 cm³/mol. The van der Waals surface area contributed by atoms with Gasteiger partial charge in [-0.1, -0.05) is 36.4 Å². The number of hydrogen-bond donors (Lipinski definition) is 0. The summed E-state index contributed by atoms with van der Waals surface area (Å²) >= 11 is 0. The highest BCUT2D eigenvalue weighted by Crippen LogP contribution is 2.23. The van der Waals surface area contributed by atoms with Crippen LogP contribution in [0.25, 0.3) is 0 Å². The minimum Gasteiger partial charge on any atom is -0.363 e. The number of carbonyl (C=O) groups is 1. The van der Waals surface area contributed by atoms with E-state index in [1.807, 2.05) is 37.3 Å². The number of ether oxygens (including phenoxy) is 1. The Kier molecular flexibility index (Phi) is 3.59. The zero-order valence-corrected chi connectivity index (χ0v) is 10.0. The highest BCUT2D eigenvalue weighted by atomic mass is 16.6. The third-order valence-corrected chi connectivity index (χ3v) is 2.97. The van der Waals surface area contributed by atoms with Crippen LogP contribution in [0.5, 0.6) is 0 Å². The Bertz CT molecular complexity index is 398. The first-order chi connectivity index (χ1) is 8.24. The molecule has 1 unspecified atom stereocenters. The van der Waals surface area contributed by atoms with Crippen molar-refractivity contribution in [1.29, 1.82) is 0 Å². The standard InChI is InChI=1S/C14H17NO2/c1-3-9-15(14(16)13-10-17-13)11(2)12-7-5-4-6-8-12/h3-8,11,13H,1,9-10H2,2H3/t11-,13?/m0/s1. The van der Waals surface area contributed by atoms with E-state index in [0.29, 0.717) is 13.2 Å². The van der Waals surface area contributed by atoms with Crippen molar-refractivity contribution in [2.24, 2.45) is 0 Å². The van der Waals surface area contributed by atoms with E-state index in [1.54, 1.807) is 11.0 Å². The maximum Gasteiger partial charge on any atom is 0.254 e. The molecule has 0 N–H and O–H groups in total. The highest BCUT2D eigenvalue weighted by Gasteiger charge is 2.36. The highest BCUT2D eigenvalue weighted by molar-refractivity contribution is 5.83. The summed E-state index contributed by atoms with van der Waals surface area (Å²) in [4.78, 5) is 13.9. The monoisotopic (exact) mass is 231 g/mol. The molecule has 1 aromatic carbocycles. The van der Waals surface area contributed by atoms with Gasteiger partial charge in [-0.2, -0.15) is 0 Å². The van der Waals surface area contributed by atoms with E-state index in [2.05, 4.69) is 6.58 Å². The van der Waals surface area contributed by atoms with E-state index in [4.69, 9.17) is 4.74 Å². The minimum atomic E-state index is -0.235. The Hall–Kier alpha value is -1.61. The van der Waals surface area contributed by atoms with Crippen LogP contribution in [0.15, 0.2) is 43.0 Å². The Balaban J connectivity index is 2.14. The average molecular weight is 231 g/mol. The van der Waals surface area contributed by atoms with Crippen LogP contribution in [0.2, 0.25) is 0 Å². The third-order valence-electron chi connectivity index (χ3n) is 2.97. The van der Waals surface area contributed by atoms with E-state index < -0.39 is 0 Å². The van der Waals surface area contributed by atoms with Gasteiger partial charge in [0.1, 0.15) is 0 Å². The maximum absolute atomic E-state index is 12.1. The second-order valence-corrected chi connectivity index (χ2v) is 4.19. The lowest BCUT2D eigenvalue weighted by atomic mass is 10.1. The van der Waals surface area contributed by atoms with Crippen LogP contribution in [0, 0.1) is 0 Å². The molecule has 2 atom stereocenters. The maximum atomic E-state index is 12.1. The first-order valence-electron chi connectivity index (χ1n) is 5.82. The first-order valence-corrected chi connectivity index (χ1v) is 5.82. The van der Waals surface area contributed by atoms with Crippen LogP contribution in [-0.4, -0.2) is 30.1 Å². The molecular formula is C14H17NO2. The molecule has 1 fully saturated rings. The van der Waals surface area contributed by atoms with Crippen LogP contribution >= 0.6 is 0 Å². The van der Waals surface area contributed by atoms with Crippen molar-refractivity contribution in [3.05, 3.63) is 48.6 Å². The van der Waals surface area contributed by atoms with Crippen molar-refractivity contribution in [3.8, 4) is 0 Å². The lowest BCUT2D eigenvalue weighted by Crippen LogP contribution is -2.36. The van der Waals surface area contributed by atoms with E-state index in [0.717, 1.165) is 5.56 Å². The van der Waals surface area contributed by atoms with Gasteiger partial charge in [-0.15, -0.1) is 6.58 Å². The molecule has 17 heavy (non-hydrogen) atoms. The van der Waals surface area contributed by atoms with Crippen LogP contribution < -0.4 is 0 Å². The number of epoxide rings is 1. The molecule has 0 saturated carbocycles. The summed E-state index contributed by atoms with van der Waals surface area (Å²) in [5.74, 6) is 0.0567. The SMILES string of the molecule is C=CCN(C(=O)C1CO1)[C@@H](C)c1ccccc1. The first kappa shape index (κ1) is 11.9. The summed E-state index contributed by atoms with van der Waals surface area (Å²) in [6.45, 7) is 6.83. The van der Waals surface area contributed by atoms with Gasteiger partial charge in [0.2, 0.25) is 0 Å². The van der Waals surface area contributed by atoms with Gasteiger partial charge in [0, 0.05) is 6.54 Å². The molecule has 0 aromatic heterocycles. The van der Waals surface area contributed by atoms with Gasteiger partial charge < -0.3 is 9.64 Å². The molecule has 90 valence electrons. The molecule has 0 spiro atoms. The van der Waals surface area contributed by atoms with Crippen molar-refractivity contribution in [2.75, 3.05) is 13.2 Å². The normalized spacial score (nSPS) is 19.5. The molecule has 1 amide bonds. The fourth-order valence-electron chi connectivity index (χ4n) is 1.87. The molecule has 3 nitrogen and oxygen atoms in total. The van der Waals surface area contributed by atoms with Crippen LogP contribution in [0.1, 0.15) is 18.5 Å². The van der Waals surface area contributed by atoms with Gasteiger partial charge in [-0.3, -0.25) is 4.79 Å². The van der Waals surface area contributed by atoms with Crippen molar-refractivity contribution in [1.82, 2.24) is 4.90 Å². The summed E-state index contributed by atoms with van der Waals surface area (Å²) in [6, 6.07) is 10.0. The quantitative estimate of drug-likeness (QED) is 0.574. The molecular weight excluding hydrogens is 214 g/mol. The number of amides is 1. The van der Waals surface area contributed by atoms with E-state index in [9.17, 15) is 4.79 Å². The molecule has 1 heterocycles. The Morgan fingerprint density at radius 1 is 1.59 bits per heavy atom. The molecule has 0 aliphatic carbocycles. The Labute approximate surface area is 102 Å². The Morgan fingerprint density at radius 3 is 2.76 bits per heavy atom. The van der Waals surface area contributed by atoms with Crippen molar-refractivity contribution < 1.29 is 9.53 Å². The zero-order valence-electron chi connectivity index (χ0n) is 10.0. The largest absolute Gasteiger partial charge is 0.363 e. The summed E-state index contributed by atoms with van der Waals surface area (Å²) in [5.41, 5.74) is 1.13.